The molecule has 0 atom stereocenters. The number of hydrogen-bond acceptors (Lipinski definition) is 6. The number of methoxy groups -OCH3 is 1. The second kappa shape index (κ2) is 8.25. The predicted molar refractivity (Wildman–Crippen MR) is 106 cm³/mol. The molecule has 0 spiro atoms. The van der Waals surface area contributed by atoms with Crippen molar-refractivity contribution >= 4 is 22.6 Å². The Morgan fingerprint density at radius 2 is 2.00 bits per heavy atom. The van der Waals surface area contributed by atoms with Crippen LogP contribution in [0.1, 0.15) is 37.1 Å². The topological polar surface area (TPSA) is 58.6 Å². The van der Waals surface area contributed by atoms with Gasteiger partial charge >= 0.3 is 0 Å². The zero-order chi connectivity index (χ0) is 18.6. The number of rotatable bonds is 5. The standard InChI is InChI=1S/C20H26N4O2S/c1-26-17-6-4-5-15(13-17)14-18-21-20(27-22-18)24-11-7-16(8-12-24)19(25)23-9-2-3-10-23/h4-6,13,16H,2-3,7-12,14H2,1H3. The minimum atomic E-state index is 0.184. The van der Waals surface area contributed by atoms with Gasteiger partial charge in [0.05, 0.1) is 7.11 Å². The quantitative estimate of drug-likeness (QED) is 0.791. The van der Waals surface area contributed by atoms with Crippen LogP contribution in [-0.2, 0) is 11.2 Å². The molecular weight excluding hydrogens is 360 g/mol. The van der Waals surface area contributed by atoms with Crippen LogP contribution < -0.4 is 9.64 Å². The van der Waals surface area contributed by atoms with Crippen LogP contribution in [0.3, 0.4) is 0 Å². The Balaban J connectivity index is 1.33. The lowest BCUT2D eigenvalue weighted by Crippen LogP contribution is -2.41. The number of aromatic nitrogens is 2. The molecule has 3 heterocycles. The third-order valence-electron chi connectivity index (χ3n) is 5.49. The van der Waals surface area contributed by atoms with Crippen molar-refractivity contribution in [2.75, 3.05) is 38.2 Å². The highest BCUT2D eigenvalue weighted by atomic mass is 32.1. The van der Waals surface area contributed by atoms with Gasteiger partial charge in [-0.3, -0.25) is 4.79 Å². The van der Waals surface area contributed by atoms with E-state index < -0.39 is 0 Å². The summed E-state index contributed by atoms with van der Waals surface area (Å²) in [6, 6.07) is 8.02. The Morgan fingerprint density at radius 3 is 2.74 bits per heavy atom. The maximum Gasteiger partial charge on any atom is 0.225 e. The number of hydrogen-bond donors (Lipinski definition) is 0. The number of ether oxygens (including phenoxy) is 1. The molecule has 144 valence electrons. The summed E-state index contributed by atoms with van der Waals surface area (Å²) >= 11 is 1.46. The number of anilines is 1. The maximum atomic E-state index is 12.6. The van der Waals surface area contributed by atoms with Gasteiger partial charge in [-0.1, -0.05) is 12.1 Å². The average molecular weight is 387 g/mol. The fourth-order valence-corrected chi connectivity index (χ4v) is 4.66. The summed E-state index contributed by atoms with van der Waals surface area (Å²) in [7, 11) is 1.68. The van der Waals surface area contributed by atoms with Crippen molar-refractivity contribution in [2.24, 2.45) is 5.92 Å². The highest BCUT2D eigenvalue weighted by Crippen LogP contribution is 2.27. The van der Waals surface area contributed by atoms with Crippen molar-refractivity contribution in [2.45, 2.75) is 32.1 Å². The van der Waals surface area contributed by atoms with E-state index >= 15 is 0 Å². The lowest BCUT2D eigenvalue weighted by molar-refractivity contribution is -0.135. The second-order valence-corrected chi connectivity index (χ2v) is 8.05. The average Bonchev–Trinajstić information content (AvgIpc) is 3.40. The predicted octanol–water partition coefficient (Wildman–Crippen LogP) is 2.98. The van der Waals surface area contributed by atoms with Crippen molar-refractivity contribution < 1.29 is 9.53 Å². The lowest BCUT2D eigenvalue weighted by atomic mass is 9.95. The molecule has 6 nitrogen and oxygen atoms in total. The summed E-state index contributed by atoms with van der Waals surface area (Å²) in [5.74, 6) is 2.25. The molecule has 0 unspecified atom stereocenters. The van der Waals surface area contributed by atoms with E-state index in [4.69, 9.17) is 9.72 Å². The van der Waals surface area contributed by atoms with Crippen molar-refractivity contribution in [3.05, 3.63) is 35.7 Å². The smallest absolute Gasteiger partial charge is 0.225 e. The largest absolute Gasteiger partial charge is 0.497 e. The third-order valence-corrected chi connectivity index (χ3v) is 6.30. The molecule has 0 radical (unpaired) electrons. The molecule has 0 N–H and O–H groups in total. The minimum absolute atomic E-state index is 0.184. The highest BCUT2D eigenvalue weighted by molar-refractivity contribution is 7.09. The highest BCUT2D eigenvalue weighted by Gasteiger charge is 2.30. The number of carbonyl (C=O) groups excluding carboxylic acids is 1. The van der Waals surface area contributed by atoms with Crippen LogP contribution in [0, 0.1) is 5.92 Å². The Hall–Kier alpha value is -2.15. The van der Waals surface area contributed by atoms with E-state index in [0.29, 0.717) is 12.3 Å². The van der Waals surface area contributed by atoms with Gasteiger partial charge in [0, 0.05) is 50.1 Å². The van der Waals surface area contributed by atoms with Gasteiger partial charge in [0.1, 0.15) is 11.6 Å². The number of carbonyl (C=O) groups is 1. The molecule has 2 aliphatic heterocycles. The lowest BCUT2D eigenvalue weighted by Gasteiger charge is -2.32. The summed E-state index contributed by atoms with van der Waals surface area (Å²) < 4.78 is 9.81. The molecule has 2 aliphatic rings. The Morgan fingerprint density at radius 1 is 1.22 bits per heavy atom. The summed E-state index contributed by atoms with van der Waals surface area (Å²) in [5, 5.41) is 0.972. The third kappa shape index (κ3) is 4.24. The maximum absolute atomic E-state index is 12.6. The number of benzene rings is 1. The van der Waals surface area contributed by atoms with Crippen molar-refractivity contribution in [3.63, 3.8) is 0 Å². The monoisotopic (exact) mass is 386 g/mol. The van der Waals surface area contributed by atoms with Crippen molar-refractivity contribution in [1.29, 1.82) is 0 Å². The Bertz CT molecular complexity index is 780. The first-order valence-corrected chi connectivity index (χ1v) is 10.5. The van der Waals surface area contributed by atoms with Gasteiger partial charge < -0.3 is 14.5 Å². The molecule has 1 aromatic carbocycles. The molecule has 0 saturated carbocycles. The first-order valence-electron chi connectivity index (χ1n) is 9.72. The van der Waals surface area contributed by atoms with Gasteiger partial charge in [0.2, 0.25) is 11.0 Å². The first kappa shape index (κ1) is 18.2. The van der Waals surface area contributed by atoms with Gasteiger partial charge in [-0.15, -0.1) is 0 Å². The zero-order valence-corrected chi connectivity index (χ0v) is 16.6. The van der Waals surface area contributed by atoms with Crippen LogP contribution in [0.25, 0.3) is 0 Å². The summed E-state index contributed by atoms with van der Waals surface area (Å²) in [6.45, 7) is 3.67. The van der Waals surface area contributed by atoms with Gasteiger partial charge in [-0.25, -0.2) is 4.98 Å². The zero-order valence-electron chi connectivity index (χ0n) is 15.8. The Labute approximate surface area is 164 Å². The van der Waals surface area contributed by atoms with E-state index in [1.807, 2.05) is 18.2 Å². The molecule has 2 saturated heterocycles. The molecular formula is C20H26N4O2S. The summed E-state index contributed by atoms with van der Waals surface area (Å²) in [4.78, 5) is 21.6. The van der Waals surface area contributed by atoms with Crippen molar-refractivity contribution in [1.82, 2.24) is 14.3 Å². The number of likely N-dealkylation sites (tertiary alicyclic amines) is 1. The summed E-state index contributed by atoms with van der Waals surface area (Å²) in [5.41, 5.74) is 1.15. The molecule has 1 aromatic heterocycles. The molecule has 0 bridgehead atoms. The molecule has 27 heavy (non-hydrogen) atoms. The second-order valence-electron chi connectivity index (χ2n) is 7.32. The number of nitrogens with zero attached hydrogens (tertiary/aromatic N) is 4. The fraction of sp³-hybridized carbons (Fsp3) is 0.550. The van der Waals surface area contributed by atoms with E-state index in [-0.39, 0.29) is 5.92 Å². The fourth-order valence-electron chi connectivity index (χ4n) is 3.92. The van der Waals surface area contributed by atoms with E-state index in [1.165, 1.54) is 11.5 Å². The van der Waals surface area contributed by atoms with Crippen LogP contribution >= 0.6 is 11.5 Å². The minimum Gasteiger partial charge on any atom is -0.497 e. The Kier molecular flexibility index (Phi) is 5.57. The van der Waals surface area contributed by atoms with Crippen LogP contribution in [0.4, 0.5) is 5.13 Å². The van der Waals surface area contributed by atoms with Crippen LogP contribution in [0.2, 0.25) is 0 Å². The molecule has 4 rings (SSSR count). The first-order chi connectivity index (χ1) is 13.2. The van der Waals surface area contributed by atoms with Crippen LogP contribution in [0.5, 0.6) is 5.75 Å². The van der Waals surface area contributed by atoms with Gasteiger partial charge in [-0.05, 0) is 43.4 Å². The van der Waals surface area contributed by atoms with Crippen molar-refractivity contribution in [3.8, 4) is 5.75 Å². The molecule has 7 heteroatoms. The van der Waals surface area contributed by atoms with E-state index in [0.717, 1.165) is 74.1 Å². The van der Waals surface area contributed by atoms with E-state index in [2.05, 4.69) is 20.2 Å². The van der Waals surface area contributed by atoms with E-state index in [1.54, 1.807) is 7.11 Å². The summed E-state index contributed by atoms with van der Waals surface area (Å²) in [6.07, 6.45) is 4.86. The van der Waals surface area contributed by atoms with E-state index in [9.17, 15) is 4.79 Å². The van der Waals surface area contributed by atoms with Gasteiger partial charge in [0.25, 0.3) is 0 Å². The normalized spacial score (nSPS) is 18.1. The molecule has 2 fully saturated rings. The van der Waals surface area contributed by atoms with Gasteiger partial charge in [-0.2, -0.15) is 4.37 Å². The van der Waals surface area contributed by atoms with Crippen LogP contribution in [-0.4, -0.2) is 53.5 Å². The molecule has 2 aromatic rings. The molecule has 0 aliphatic carbocycles. The number of amides is 1. The molecule has 1 amide bonds. The SMILES string of the molecule is COc1cccc(Cc2nsc(N3CCC(C(=O)N4CCCC4)CC3)n2)c1. The van der Waals surface area contributed by atoms with Crippen LogP contribution in [0.15, 0.2) is 24.3 Å². The number of piperidine rings is 1. The van der Waals surface area contributed by atoms with Gasteiger partial charge in [0.15, 0.2) is 0 Å².